The average molecular weight is 482 g/mol. The Kier molecular flexibility index (Phi) is 7.70. The molecule has 1 saturated carbocycles. The molecule has 1 saturated heterocycles. The fourth-order valence-corrected chi connectivity index (χ4v) is 5.64. The quantitative estimate of drug-likeness (QED) is 0.565. The third-order valence-corrected chi connectivity index (χ3v) is 7.58. The number of nitrogens with zero attached hydrogens (tertiary/aromatic N) is 3. The Bertz CT molecular complexity index is 884. The van der Waals surface area contributed by atoms with Gasteiger partial charge in [-0.05, 0) is 74.1 Å². The summed E-state index contributed by atoms with van der Waals surface area (Å²) in [5, 5.41) is 0. The molecule has 0 spiro atoms. The molecular formula is C25H34F3N3O3. The Labute approximate surface area is 199 Å². The van der Waals surface area contributed by atoms with Crippen LogP contribution in [0, 0.1) is 5.92 Å². The number of hydrogen-bond acceptors (Lipinski definition) is 4. The minimum absolute atomic E-state index is 0.0188. The van der Waals surface area contributed by atoms with Crippen molar-refractivity contribution in [2.24, 2.45) is 5.92 Å². The smallest absolute Gasteiger partial charge is 0.401 e. The van der Waals surface area contributed by atoms with Crippen molar-refractivity contribution < 1.29 is 27.5 Å². The Morgan fingerprint density at radius 2 is 1.74 bits per heavy atom. The van der Waals surface area contributed by atoms with Crippen molar-refractivity contribution in [3.63, 3.8) is 0 Å². The van der Waals surface area contributed by atoms with Crippen LogP contribution in [-0.4, -0.2) is 73.9 Å². The van der Waals surface area contributed by atoms with Gasteiger partial charge in [0, 0.05) is 44.3 Å². The Hall–Kier alpha value is -2.29. The lowest BCUT2D eigenvalue weighted by atomic mass is 9.83. The molecule has 0 aromatic heterocycles. The van der Waals surface area contributed by atoms with Gasteiger partial charge < -0.3 is 9.64 Å². The number of alkyl halides is 3. The van der Waals surface area contributed by atoms with Gasteiger partial charge in [0.1, 0.15) is 0 Å². The zero-order valence-electron chi connectivity index (χ0n) is 19.8. The molecule has 4 rings (SSSR count). The number of halogens is 3. The van der Waals surface area contributed by atoms with Crippen LogP contribution in [0.15, 0.2) is 18.2 Å². The molecule has 2 heterocycles. The lowest BCUT2D eigenvalue weighted by molar-refractivity contribution is -0.145. The highest BCUT2D eigenvalue weighted by Crippen LogP contribution is 2.34. The lowest BCUT2D eigenvalue weighted by Gasteiger charge is -2.34. The molecule has 0 bridgehead atoms. The first kappa shape index (κ1) is 24.8. The highest BCUT2D eigenvalue weighted by atomic mass is 19.4. The molecule has 1 aliphatic carbocycles. The number of rotatable bonds is 6. The maximum atomic E-state index is 13.2. The van der Waals surface area contributed by atoms with Crippen LogP contribution in [0.2, 0.25) is 0 Å². The summed E-state index contributed by atoms with van der Waals surface area (Å²) in [6.07, 6.45) is 2.18. The molecule has 2 fully saturated rings. The molecule has 6 nitrogen and oxygen atoms in total. The number of carbonyl (C=O) groups excluding carboxylic acids is 2. The van der Waals surface area contributed by atoms with Gasteiger partial charge >= 0.3 is 18.2 Å². The molecule has 0 N–H and O–H groups in total. The summed E-state index contributed by atoms with van der Waals surface area (Å²) >= 11 is 0. The van der Waals surface area contributed by atoms with E-state index in [4.69, 9.17) is 4.74 Å². The predicted molar refractivity (Wildman–Crippen MR) is 123 cm³/mol. The van der Waals surface area contributed by atoms with Gasteiger partial charge in [-0.15, -0.1) is 0 Å². The predicted octanol–water partition coefficient (Wildman–Crippen LogP) is 4.40. The van der Waals surface area contributed by atoms with Crippen molar-refractivity contribution in [2.45, 2.75) is 63.6 Å². The first-order chi connectivity index (χ1) is 16.2. The number of amides is 2. The molecule has 0 unspecified atom stereocenters. The van der Waals surface area contributed by atoms with Gasteiger partial charge in [0.2, 0.25) is 0 Å². The fraction of sp³-hybridized carbons (Fsp3) is 0.680. The summed E-state index contributed by atoms with van der Waals surface area (Å²) in [5.41, 5.74) is 2.95. The van der Waals surface area contributed by atoms with Gasteiger partial charge in [0.25, 0.3) is 0 Å². The highest BCUT2D eigenvalue weighted by molar-refractivity contribution is 5.94. The standard InChI is InChI=1S/C25H34F3N3O3/c1-34-23(32)9-4-18-2-6-21(7-3-18)30-14-15-31(24(30)33)22-8-5-19-10-12-29(17-25(26,27)28)13-11-20(19)16-22/h5,8,16,18,21H,2-4,6-7,9-15,17H2,1H3/t18-,21-. The average Bonchev–Trinajstić information content (AvgIpc) is 3.08. The first-order valence-electron chi connectivity index (χ1n) is 12.3. The molecule has 9 heteroatoms. The van der Waals surface area contributed by atoms with Crippen LogP contribution in [0.25, 0.3) is 0 Å². The van der Waals surface area contributed by atoms with E-state index in [9.17, 15) is 22.8 Å². The maximum absolute atomic E-state index is 13.2. The molecule has 1 aromatic carbocycles. The topological polar surface area (TPSA) is 53.1 Å². The van der Waals surface area contributed by atoms with E-state index in [1.54, 1.807) is 0 Å². The zero-order chi connectivity index (χ0) is 24.3. The first-order valence-corrected chi connectivity index (χ1v) is 12.3. The monoisotopic (exact) mass is 481 g/mol. The van der Waals surface area contributed by atoms with E-state index in [0.29, 0.717) is 51.4 Å². The van der Waals surface area contributed by atoms with E-state index in [0.717, 1.165) is 48.9 Å². The second-order valence-electron chi connectivity index (χ2n) is 9.76. The van der Waals surface area contributed by atoms with Gasteiger partial charge in [-0.2, -0.15) is 13.2 Å². The second-order valence-corrected chi connectivity index (χ2v) is 9.76. The van der Waals surface area contributed by atoms with E-state index in [1.807, 2.05) is 28.0 Å². The number of hydrogen-bond donors (Lipinski definition) is 0. The second kappa shape index (κ2) is 10.5. The molecule has 0 radical (unpaired) electrons. The number of urea groups is 1. The Balaban J connectivity index is 1.33. The zero-order valence-corrected chi connectivity index (χ0v) is 19.8. The number of esters is 1. The third kappa shape index (κ3) is 6.03. The summed E-state index contributed by atoms with van der Waals surface area (Å²) in [7, 11) is 1.41. The SMILES string of the molecule is COC(=O)CC[C@H]1CC[C@H](N2CCN(c3ccc4c(c3)CCN(CC(F)(F)F)CC4)C2=O)CC1. The van der Waals surface area contributed by atoms with E-state index in [-0.39, 0.29) is 18.0 Å². The van der Waals surface area contributed by atoms with Crippen LogP contribution < -0.4 is 4.90 Å². The Morgan fingerprint density at radius 1 is 1.03 bits per heavy atom. The molecule has 34 heavy (non-hydrogen) atoms. The molecule has 0 atom stereocenters. The number of benzene rings is 1. The summed E-state index contributed by atoms with van der Waals surface area (Å²) in [5.74, 6) is 0.340. The van der Waals surface area contributed by atoms with E-state index in [2.05, 4.69) is 0 Å². The minimum atomic E-state index is -4.19. The van der Waals surface area contributed by atoms with E-state index < -0.39 is 12.7 Å². The van der Waals surface area contributed by atoms with Crippen LogP contribution >= 0.6 is 0 Å². The molecular weight excluding hydrogens is 447 g/mol. The van der Waals surface area contributed by atoms with E-state index in [1.165, 1.54) is 12.0 Å². The van der Waals surface area contributed by atoms with Gasteiger partial charge in [0.15, 0.2) is 0 Å². The highest BCUT2D eigenvalue weighted by Gasteiger charge is 2.37. The van der Waals surface area contributed by atoms with Crippen molar-refractivity contribution in [1.82, 2.24) is 9.80 Å². The van der Waals surface area contributed by atoms with Crippen LogP contribution in [0.1, 0.15) is 49.7 Å². The maximum Gasteiger partial charge on any atom is 0.401 e. The summed E-state index contributed by atoms with van der Waals surface area (Å²) in [4.78, 5) is 29.9. The van der Waals surface area contributed by atoms with Gasteiger partial charge in [-0.1, -0.05) is 6.07 Å². The van der Waals surface area contributed by atoms with Crippen molar-refractivity contribution >= 4 is 17.7 Å². The number of anilines is 1. The van der Waals surface area contributed by atoms with Crippen molar-refractivity contribution in [2.75, 3.05) is 44.7 Å². The minimum Gasteiger partial charge on any atom is -0.469 e. The number of carbonyl (C=O) groups is 2. The van der Waals surface area contributed by atoms with Crippen LogP contribution in [0.5, 0.6) is 0 Å². The molecule has 2 aliphatic heterocycles. The molecule has 1 aromatic rings. The molecule has 188 valence electrons. The summed E-state index contributed by atoms with van der Waals surface area (Å²) in [6, 6.07) is 6.15. The normalized spacial score (nSPS) is 24.2. The molecule has 2 amide bonds. The largest absolute Gasteiger partial charge is 0.469 e. The number of methoxy groups -OCH3 is 1. The number of fused-ring (bicyclic) bond motifs is 1. The van der Waals surface area contributed by atoms with Gasteiger partial charge in [0.05, 0.1) is 13.7 Å². The van der Waals surface area contributed by atoms with E-state index >= 15 is 0 Å². The fourth-order valence-electron chi connectivity index (χ4n) is 5.64. The van der Waals surface area contributed by atoms with Crippen LogP contribution in [0.4, 0.5) is 23.7 Å². The summed E-state index contributed by atoms with van der Waals surface area (Å²) in [6.45, 7) is 1.20. The molecule has 3 aliphatic rings. The van der Waals surface area contributed by atoms with Crippen molar-refractivity contribution in [3.8, 4) is 0 Å². The van der Waals surface area contributed by atoms with Crippen molar-refractivity contribution in [1.29, 1.82) is 0 Å². The third-order valence-electron chi connectivity index (χ3n) is 7.58. The summed E-state index contributed by atoms with van der Waals surface area (Å²) < 4.78 is 43.1. The Morgan fingerprint density at radius 3 is 2.41 bits per heavy atom. The van der Waals surface area contributed by atoms with Crippen LogP contribution in [-0.2, 0) is 22.4 Å². The lowest BCUT2D eigenvalue weighted by Crippen LogP contribution is -2.41. The van der Waals surface area contributed by atoms with Gasteiger partial charge in [-0.25, -0.2) is 4.79 Å². The van der Waals surface area contributed by atoms with Crippen molar-refractivity contribution in [3.05, 3.63) is 29.3 Å². The van der Waals surface area contributed by atoms with Gasteiger partial charge in [-0.3, -0.25) is 14.6 Å². The number of ether oxygens (including phenoxy) is 1. The van der Waals surface area contributed by atoms with Crippen LogP contribution in [0.3, 0.4) is 0 Å².